The molecule has 0 atom stereocenters. The largest absolute Gasteiger partial charge is 0.477 e. The standard InChI is InChI=1S/C23H23N3O2/c1-16-20(10-11-21(26-16)19-5-3-2-4-6-19)23(27)25-14-18-9-12-22(24-13-18)28-15-17-7-8-17/h2-6,9-13,17H,7-8,14-15H2,1H3,(H,25,27). The molecule has 1 fully saturated rings. The van der Waals surface area contributed by atoms with Gasteiger partial charge in [-0.3, -0.25) is 9.78 Å². The number of amides is 1. The molecule has 0 radical (unpaired) electrons. The first-order valence-corrected chi connectivity index (χ1v) is 9.58. The van der Waals surface area contributed by atoms with Gasteiger partial charge in [0.15, 0.2) is 0 Å². The summed E-state index contributed by atoms with van der Waals surface area (Å²) in [7, 11) is 0. The van der Waals surface area contributed by atoms with Crippen molar-refractivity contribution in [2.45, 2.75) is 26.3 Å². The molecule has 0 saturated heterocycles. The van der Waals surface area contributed by atoms with Crippen LogP contribution in [0.1, 0.15) is 34.5 Å². The lowest BCUT2D eigenvalue weighted by atomic mass is 10.1. The number of aryl methyl sites for hydroxylation is 1. The molecule has 1 aliphatic carbocycles. The molecule has 1 aromatic carbocycles. The third kappa shape index (κ3) is 4.55. The first-order chi connectivity index (χ1) is 13.7. The van der Waals surface area contributed by atoms with E-state index in [2.05, 4.69) is 15.3 Å². The van der Waals surface area contributed by atoms with E-state index in [4.69, 9.17) is 4.74 Å². The molecule has 2 heterocycles. The molecular formula is C23H23N3O2. The number of carbonyl (C=O) groups is 1. The second-order valence-electron chi connectivity index (χ2n) is 7.14. The summed E-state index contributed by atoms with van der Waals surface area (Å²) in [6.45, 7) is 3.01. The van der Waals surface area contributed by atoms with Crippen LogP contribution in [-0.2, 0) is 6.54 Å². The van der Waals surface area contributed by atoms with Gasteiger partial charge in [-0.2, -0.15) is 0 Å². The van der Waals surface area contributed by atoms with E-state index in [9.17, 15) is 4.79 Å². The number of rotatable bonds is 7. The smallest absolute Gasteiger partial charge is 0.253 e. The van der Waals surface area contributed by atoms with Crippen LogP contribution >= 0.6 is 0 Å². The van der Waals surface area contributed by atoms with Crippen molar-refractivity contribution in [3.05, 3.63) is 77.6 Å². The number of hydrogen-bond acceptors (Lipinski definition) is 4. The van der Waals surface area contributed by atoms with E-state index in [1.807, 2.05) is 61.5 Å². The van der Waals surface area contributed by atoms with Gasteiger partial charge in [-0.05, 0) is 43.4 Å². The fourth-order valence-corrected chi connectivity index (χ4v) is 2.94. The second kappa shape index (κ2) is 8.21. The topological polar surface area (TPSA) is 64.1 Å². The monoisotopic (exact) mass is 373 g/mol. The first kappa shape index (κ1) is 18.2. The van der Waals surface area contributed by atoms with Crippen molar-refractivity contribution in [2.24, 2.45) is 5.92 Å². The van der Waals surface area contributed by atoms with Crippen molar-refractivity contribution >= 4 is 5.91 Å². The highest BCUT2D eigenvalue weighted by molar-refractivity contribution is 5.95. The number of nitrogens with zero attached hydrogens (tertiary/aromatic N) is 2. The quantitative estimate of drug-likeness (QED) is 0.675. The summed E-state index contributed by atoms with van der Waals surface area (Å²) in [4.78, 5) is 21.4. The minimum absolute atomic E-state index is 0.140. The summed E-state index contributed by atoms with van der Waals surface area (Å²) in [5, 5.41) is 2.94. The maximum Gasteiger partial charge on any atom is 0.253 e. The van der Waals surface area contributed by atoms with Gasteiger partial charge in [-0.25, -0.2) is 4.98 Å². The fourth-order valence-electron chi connectivity index (χ4n) is 2.94. The zero-order chi connectivity index (χ0) is 19.3. The Kier molecular flexibility index (Phi) is 5.33. The molecule has 0 spiro atoms. The predicted molar refractivity (Wildman–Crippen MR) is 108 cm³/mol. The van der Waals surface area contributed by atoms with Crippen LogP contribution in [0.5, 0.6) is 5.88 Å². The summed E-state index contributed by atoms with van der Waals surface area (Å²) in [5.41, 5.74) is 4.12. The Bertz CT molecular complexity index is 951. The highest BCUT2D eigenvalue weighted by Gasteiger charge is 2.22. The summed E-state index contributed by atoms with van der Waals surface area (Å²) in [6.07, 6.45) is 4.25. The van der Waals surface area contributed by atoms with Gasteiger partial charge in [0.25, 0.3) is 5.91 Å². The van der Waals surface area contributed by atoms with Crippen molar-refractivity contribution in [1.82, 2.24) is 15.3 Å². The van der Waals surface area contributed by atoms with Crippen molar-refractivity contribution in [3.8, 4) is 17.1 Å². The number of ether oxygens (including phenoxy) is 1. The van der Waals surface area contributed by atoms with E-state index >= 15 is 0 Å². The number of hydrogen-bond donors (Lipinski definition) is 1. The molecule has 3 aromatic rings. The zero-order valence-corrected chi connectivity index (χ0v) is 15.9. The average Bonchev–Trinajstić information content (AvgIpc) is 3.56. The van der Waals surface area contributed by atoms with Crippen molar-refractivity contribution in [2.75, 3.05) is 6.61 Å². The Labute approximate surface area is 164 Å². The summed E-state index contributed by atoms with van der Waals surface area (Å²) in [5.74, 6) is 1.20. The molecule has 1 N–H and O–H groups in total. The maximum atomic E-state index is 12.5. The van der Waals surface area contributed by atoms with E-state index in [0.29, 0.717) is 29.6 Å². The molecular weight excluding hydrogens is 350 g/mol. The minimum Gasteiger partial charge on any atom is -0.477 e. The maximum absolute atomic E-state index is 12.5. The van der Waals surface area contributed by atoms with E-state index in [1.165, 1.54) is 12.8 Å². The third-order valence-electron chi connectivity index (χ3n) is 4.81. The Morgan fingerprint density at radius 2 is 1.93 bits per heavy atom. The van der Waals surface area contributed by atoms with Crippen LogP contribution in [-0.4, -0.2) is 22.5 Å². The average molecular weight is 373 g/mol. The van der Waals surface area contributed by atoms with Gasteiger partial charge >= 0.3 is 0 Å². The summed E-state index contributed by atoms with van der Waals surface area (Å²) < 4.78 is 5.64. The Balaban J connectivity index is 1.35. The van der Waals surface area contributed by atoms with E-state index in [0.717, 1.165) is 23.4 Å². The first-order valence-electron chi connectivity index (χ1n) is 9.58. The molecule has 28 heavy (non-hydrogen) atoms. The minimum atomic E-state index is -0.140. The molecule has 1 aliphatic rings. The lowest BCUT2D eigenvalue weighted by molar-refractivity contribution is 0.0950. The molecule has 142 valence electrons. The lowest BCUT2D eigenvalue weighted by Gasteiger charge is -2.10. The predicted octanol–water partition coefficient (Wildman–Crippen LogP) is 4.17. The summed E-state index contributed by atoms with van der Waals surface area (Å²) >= 11 is 0. The molecule has 1 saturated carbocycles. The van der Waals surface area contributed by atoms with Crippen molar-refractivity contribution in [3.63, 3.8) is 0 Å². The van der Waals surface area contributed by atoms with Crippen LogP contribution in [0, 0.1) is 12.8 Å². The molecule has 0 bridgehead atoms. The third-order valence-corrected chi connectivity index (χ3v) is 4.81. The number of nitrogens with one attached hydrogen (secondary N) is 1. The van der Waals surface area contributed by atoms with Gasteiger partial charge in [-0.15, -0.1) is 0 Å². The lowest BCUT2D eigenvalue weighted by Crippen LogP contribution is -2.24. The van der Waals surface area contributed by atoms with Gasteiger partial charge in [-0.1, -0.05) is 36.4 Å². The highest BCUT2D eigenvalue weighted by Crippen LogP contribution is 2.29. The number of benzene rings is 1. The van der Waals surface area contributed by atoms with Gasteiger partial charge in [0.1, 0.15) is 0 Å². The van der Waals surface area contributed by atoms with E-state index in [1.54, 1.807) is 6.20 Å². The Hall–Kier alpha value is -3.21. The van der Waals surface area contributed by atoms with Gasteiger partial charge < -0.3 is 10.1 Å². The van der Waals surface area contributed by atoms with Gasteiger partial charge in [0, 0.05) is 24.4 Å². The van der Waals surface area contributed by atoms with Crippen molar-refractivity contribution in [1.29, 1.82) is 0 Å². The van der Waals surface area contributed by atoms with Crippen LogP contribution in [0.2, 0.25) is 0 Å². The van der Waals surface area contributed by atoms with Crippen LogP contribution in [0.15, 0.2) is 60.8 Å². The molecule has 4 rings (SSSR count). The van der Waals surface area contributed by atoms with Crippen LogP contribution in [0.4, 0.5) is 0 Å². The number of carbonyl (C=O) groups excluding carboxylic acids is 1. The molecule has 0 unspecified atom stereocenters. The van der Waals surface area contributed by atoms with E-state index < -0.39 is 0 Å². The SMILES string of the molecule is Cc1nc(-c2ccccc2)ccc1C(=O)NCc1ccc(OCC2CC2)nc1. The zero-order valence-electron chi connectivity index (χ0n) is 15.9. The molecule has 5 nitrogen and oxygen atoms in total. The normalized spacial score (nSPS) is 13.2. The second-order valence-corrected chi connectivity index (χ2v) is 7.14. The highest BCUT2D eigenvalue weighted by atomic mass is 16.5. The molecule has 5 heteroatoms. The Morgan fingerprint density at radius 3 is 2.61 bits per heavy atom. The number of aromatic nitrogens is 2. The fraction of sp³-hybridized carbons (Fsp3) is 0.261. The number of pyridine rings is 2. The van der Waals surface area contributed by atoms with Crippen LogP contribution in [0.25, 0.3) is 11.3 Å². The van der Waals surface area contributed by atoms with Gasteiger partial charge in [0.05, 0.1) is 23.6 Å². The van der Waals surface area contributed by atoms with Crippen molar-refractivity contribution < 1.29 is 9.53 Å². The van der Waals surface area contributed by atoms with Crippen LogP contribution < -0.4 is 10.1 Å². The summed E-state index contributed by atoms with van der Waals surface area (Å²) in [6, 6.07) is 17.4. The van der Waals surface area contributed by atoms with E-state index in [-0.39, 0.29) is 5.91 Å². The molecule has 1 amide bonds. The molecule has 0 aliphatic heterocycles. The Morgan fingerprint density at radius 1 is 1.11 bits per heavy atom. The molecule has 2 aromatic heterocycles. The van der Waals surface area contributed by atoms with Crippen LogP contribution in [0.3, 0.4) is 0 Å². The van der Waals surface area contributed by atoms with Gasteiger partial charge in [0.2, 0.25) is 5.88 Å².